The van der Waals surface area contributed by atoms with E-state index in [0.29, 0.717) is 17.0 Å². The average Bonchev–Trinajstić information content (AvgIpc) is 2.57. The summed E-state index contributed by atoms with van der Waals surface area (Å²) in [5.41, 5.74) is 0.966. The highest BCUT2D eigenvalue weighted by molar-refractivity contribution is 5.68. The number of nitrogens with zero attached hydrogens (tertiary/aromatic N) is 3. The highest BCUT2D eigenvalue weighted by atomic mass is 19.4. The lowest BCUT2D eigenvalue weighted by molar-refractivity contribution is -0.177. The molecule has 0 aliphatic heterocycles. The summed E-state index contributed by atoms with van der Waals surface area (Å²) in [6, 6.07) is 0. The Morgan fingerprint density at radius 1 is 1.38 bits per heavy atom. The normalized spacial score (nSPS) is 12.2. The molecule has 0 unspecified atom stereocenters. The molecule has 2 rings (SSSR count). The van der Waals surface area contributed by atoms with Crippen molar-refractivity contribution in [3.63, 3.8) is 0 Å². The summed E-state index contributed by atoms with van der Waals surface area (Å²) < 4.78 is 39.8. The van der Waals surface area contributed by atoms with Gasteiger partial charge in [0.25, 0.3) is 0 Å². The van der Waals surface area contributed by atoms with Gasteiger partial charge < -0.3 is 9.72 Å². The minimum atomic E-state index is -4.33. The molecule has 0 fully saturated rings. The predicted octanol–water partition coefficient (Wildman–Crippen LogP) is 1.43. The van der Waals surface area contributed by atoms with Crippen LogP contribution in [0.3, 0.4) is 0 Å². The molecule has 0 aromatic carbocycles. The molecule has 86 valence electrons. The van der Waals surface area contributed by atoms with E-state index in [1.54, 1.807) is 0 Å². The Bertz CT molecular complexity index is 448. The van der Waals surface area contributed by atoms with Crippen LogP contribution in [0.25, 0.3) is 11.2 Å². The van der Waals surface area contributed by atoms with E-state index in [0.717, 1.165) is 0 Å². The van der Waals surface area contributed by atoms with Crippen molar-refractivity contribution in [2.24, 2.45) is 0 Å². The zero-order valence-corrected chi connectivity index (χ0v) is 7.95. The number of ether oxygens (including phenoxy) is 1. The number of fused-ring (bicyclic) bond motifs is 1. The largest absolute Gasteiger partial charge is 0.411 e. The van der Waals surface area contributed by atoms with Crippen molar-refractivity contribution in [3.05, 3.63) is 18.3 Å². The molecule has 0 saturated carbocycles. The van der Waals surface area contributed by atoms with Gasteiger partial charge in [-0.2, -0.15) is 13.2 Å². The van der Waals surface area contributed by atoms with Gasteiger partial charge in [-0.25, -0.2) is 15.0 Å². The summed E-state index contributed by atoms with van der Waals surface area (Å²) in [6.45, 7) is -1.54. The molecule has 1 N–H and O–H groups in total. The van der Waals surface area contributed by atoms with Crippen LogP contribution in [0.2, 0.25) is 0 Å². The SMILES string of the molecule is FC(F)(F)COCc1nc2ncncc2[nH]1. The number of halogens is 3. The van der Waals surface area contributed by atoms with Crippen LogP contribution < -0.4 is 0 Å². The van der Waals surface area contributed by atoms with E-state index in [2.05, 4.69) is 24.7 Å². The van der Waals surface area contributed by atoms with Gasteiger partial charge >= 0.3 is 6.18 Å². The van der Waals surface area contributed by atoms with E-state index in [-0.39, 0.29) is 6.61 Å². The molecule has 0 radical (unpaired) electrons. The van der Waals surface area contributed by atoms with E-state index >= 15 is 0 Å². The Hall–Kier alpha value is -1.70. The Balaban J connectivity index is 2.00. The zero-order chi connectivity index (χ0) is 11.6. The van der Waals surface area contributed by atoms with Crippen molar-refractivity contribution in [2.75, 3.05) is 6.61 Å². The third-order valence-electron chi connectivity index (χ3n) is 1.72. The van der Waals surface area contributed by atoms with Gasteiger partial charge in [0.1, 0.15) is 30.9 Å². The third-order valence-corrected chi connectivity index (χ3v) is 1.72. The number of hydrogen-bond acceptors (Lipinski definition) is 4. The monoisotopic (exact) mass is 232 g/mol. The topological polar surface area (TPSA) is 63.7 Å². The molecule has 0 saturated heterocycles. The number of nitrogens with one attached hydrogen (secondary N) is 1. The lowest BCUT2D eigenvalue weighted by Crippen LogP contribution is -2.16. The fourth-order valence-electron chi connectivity index (χ4n) is 1.14. The number of hydrogen-bond donors (Lipinski definition) is 1. The molecule has 0 bridgehead atoms. The number of rotatable bonds is 3. The number of alkyl halides is 3. The second-order valence-corrected chi connectivity index (χ2v) is 3.05. The fraction of sp³-hybridized carbons (Fsp3) is 0.375. The van der Waals surface area contributed by atoms with Crippen molar-refractivity contribution in [1.29, 1.82) is 0 Å². The molecule has 0 aliphatic carbocycles. The Morgan fingerprint density at radius 2 is 2.19 bits per heavy atom. The van der Waals surface area contributed by atoms with Crippen LogP contribution in [0.1, 0.15) is 5.82 Å². The maximum atomic E-state index is 11.8. The molecule has 0 aliphatic rings. The van der Waals surface area contributed by atoms with Crippen molar-refractivity contribution in [2.45, 2.75) is 12.8 Å². The van der Waals surface area contributed by atoms with Gasteiger partial charge in [-0.05, 0) is 0 Å². The number of imidazole rings is 1. The van der Waals surface area contributed by atoms with Crippen molar-refractivity contribution in [1.82, 2.24) is 19.9 Å². The molecule has 5 nitrogen and oxygen atoms in total. The van der Waals surface area contributed by atoms with Crippen LogP contribution in [-0.4, -0.2) is 32.7 Å². The summed E-state index contributed by atoms with van der Waals surface area (Å²) in [7, 11) is 0. The van der Waals surface area contributed by atoms with Crippen LogP contribution in [0, 0.1) is 0 Å². The molecule has 2 aromatic heterocycles. The quantitative estimate of drug-likeness (QED) is 0.869. The molecule has 0 atom stereocenters. The van der Waals surface area contributed by atoms with Gasteiger partial charge in [-0.3, -0.25) is 0 Å². The van der Waals surface area contributed by atoms with E-state index in [9.17, 15) is 13.2 Å². The van der Waals surface area contributed by atoms with Crippen LogP contribution >= 0.6 is 0 Å². The Labute approximate surface area is 87.7 Å². The van der Waals surface area contributed by atoms with E-state index in [1.807, 2.05) is 0 Å². The molecular weight excluding hydrogens is 225 g/mol. The van der Waals surface area contributed by atoms with Gasteiger partial charge in [0.05, 0.1) is 6.20 Å². The summed E-state index contributed by atoms with van der Waals surface area (Å²) in [5, 5.41) is 0. The smallest absolute Gasteiger partial charge is 0.364 e. The molecule has 2 aromatic rings. The van der Waals surface area contributed by atoms with Crippen LogP contribution in [-0.2, 0) is 11.3 Å². The van der Waals surface area contributed by atoms with Crippen LogP contribution in [0.15, 0.2) is 12.5 Å². The van der Waals surface area contributed by atoms with E-state index < -0.39 is 12.8 Å². The summed E-state index contributed by atoms with van der Waals surface area (Å²) in [6.07, 6.45) is -1.53. The fourth-order valence-corrected chi connectivity index (χ4v) is 1.14. The van der Waals surface area contributed by atoms with Gasteiger partial charge in [-0.15, -0.1) is 0 Å². The second-order valence-electron chi connectivity index (χ2n) is 3.05. The minimum Gasteiger partial charge on any atom is -0.364 e. The third kappa shape index (κ3) is 2.66. The first-order valence-electron chi connectivity index (χ1n) is 4.34. The van der Waals surface area contributed by atoms with Crippen LogP contribution in [0.4, 0.5) is 13.2 Å². The highest BCUT2D eigenvalue weighted by Crippen LogP contribution is 2.15. The number of H-pyrrole nitrogens is 1. The van der Waals surface area contributed by atoms with Gasteiger partial charge in [0.15, 0.2) is 5.65 Å². The second kappa shape index (κ2) is 4.05. The van der Waals surface area contributed by atoms with Gasteiger partial charge in [0, 0.05) is 0 Å². The molecule has 0 amide bonds. The molecule has 8 heteroatoms. The summed E-state index contributed by atoms with van der Waals surface area (Å²) >= 11 is 0. The lowest BCUT2D eigenvalue weighted by Gasteiger charge is -2.05. The summed E-state index contributed by atoms with van der Waals surface area (Å²) in [5.74, 6) is 0.291. The first-order chi connectivity index (χ1) is 7.54. The molecule has 2 heterocycles. The Morgan fingerprint density at radius 3 is 2.88 bits per heavy atom. The first-order valence-corrected chi connectivity index (χ1v) is 4.34. The molecular formula is C8H7F3N4O. The number of aromatic nitrogens is 4. The zero-order valence-electron chi connectivity index (χ0n) is 7.95. The molecule has 0 spiro atoms. The Kier molecular flexibility index (Phi) is 2.73. The molecule has 16 heavy (non-hydrogen) atoms. The highest BCUT2D eigenvalue weighted by Gasteiger charge is 2.27. The van der Waals surface area contributed by atoms with Crippen LogP contribution in [0.5, 0.6) is 0 Å². The van der Waals surface area contributed by atoms with Crippen molar-refractivity contribution < 1.29 is 17.9 Å². The maximum absolute atomic E-state index is 11.8. The summed E-state index contributed by atoms with van der Waals surface area (Å²) in [4.78, 5) is 14.3. The first kappa shape index (κ1) is 10.8. The number of aromatic amines is 1. The van der Waals surface area contributed by atoms with E-state index in [1.165, 1.54) is 12.5 Å². The average molecular weight is 232 g/mol. The minimum absolute atomic E-state index is 0.240. The van der Waals surface area contributed by atoms with Crippen molar-refractivity contribution >= 4 is 11.2 Å². The standard InChI is InChI=1S/C8H7F3N4O/c9-8(10,11)3-16-2-6-14-5-1-12-4-13-7(5)15-6/h1,4H,2-3H2,(H,12,13,14,15). The van der Waals surface area contributed by atoms with Gasteiger partial charge in [-0.1, -0.05) is 0 Å². The lowest BCUT2D eigenvalue weighted by atomic mass is 10.6. The maximum Gasteiger partial charge on any atom is 0.411 e. The van der Waals surface area contributed by atoms with Crippen molar-refractivity contribution in [3.8, 4) is 0 Å². The predicted molar refractivity (Wildman–Crippen MR) is 47.4 cm³/mol. The van der Waals surface area contributed by atoms with Gasteiger partial charge in [0.2, 0.25) is 0 Å². The van der Waals surface area contributed by atoms with E-state index in [4.69, 9.17) is 0 Å².